The first-order valence-electron chi connectivity index (χ1n) is 4.75. The van der Waals surface area contributed by atoms with Crippen molar-refractivity contribution in [1.29, 1.82) is 5.26 Å². The first-order chi connectivity index (χ1) is 6.83. The van der Waals surface area contributed by atoms with Gasteiger partial charge in [-0.05, 0) is 30.7 Å². The van der Waals surface area contributed by atoms with Gasteiger partial charge >= 0.3 is 0 Å². The molecule has 0 N–H and O–H groups in total. The zero-order valence-corrected chi connectivity index (χ0v) is 8.20. The Morgan fingerprint density at radius 1 is 1.43 bits per heavy atom. The van der Waals surface area contributed by atoms with Crippen molar-refractivity contribution in [1.82, 2.24) is 4.40 Å². The Morgan fingerprint density at radius 3 is 3.07 bits per heavy atom. The van der Waals surface area contributed by atoms with E-state index in [0.29, 0.717) is 6.42 Å². The predicted octanol–water partition coefficient (Wildman–Crippen LogP) is 2.70. The van der Waals surface area contributed by atoms with Gasteiger partial charge < -0.3 is 4.40 Å². The highest BCUT2D eigenvalue weighted by atomic mass is 14.9. The topological polar surface area (TPSA) is 28.2 Å². The molecule has 70 valence electrons. The molecule has 0 amide bonds. The minimum Gasteiger partial charge on any atom is -0.321 e. The Balaban J connectivity index is 2.52. The van der Waals surface area contributed by atoms with Gasteiger partial charge in [0, 0.05) is 30.2 Å². The highest BCUT2D eigenvalue weighted by Crippen LogP contribution is 2.16. The van der Waals surface area contributed by atoms with E-state index >= 15 is 0 Å². The van der Waals surface area contributed by atoms with E-state index in [0.717, 1.165) is 6.42 Å². The molecule has 2 heterocycles. The third kappa shape index (κ3) is 1.38. The van der Waals surface area contributed by atoms with Crippen LogP contribution in [0.25, 0.3) is 5.52 Å². The van der Waals surface area contributed by atoms with Gasteiger partial charge in [-0.3, -0.25) is 0 Å². The molecule has 0 aromatic carbocycles. The van der Waals surface area contributed by atoms with Crippen molar-refractivity contribution in [3.05, 3.63) is 41.7 Å². The third-order valence-electron chi connectivity index (χ3n) is 2.48. The van der Waals surface area contributed by atoms with E-state index in [1.165, 1.54) is 16.8 Å². The molecule has 0 radical (unpaired) electrons. The Kier molecular flexibility index (Phi) is 2.24. The molecule has 2 aromatic rings. The Morgan fingerprint density at radius 2 is 2.29 bits per heavy atom. The van der Waals surface area contributed by atoms with Crippen LogP contribution >= 0.6 is 0 Å². The smallest absolute Gasteiger partial charge is 0.0625 e. The van der Waals surface area contributed by atoms with Gasteiger partial charge in [0.15, 0.2) is 0 Å². The second kappa shape index (κ2) is 3.55. The van der Waals surface area contributed by atoms with Gasteiger partial charge in [0.1, 0.15) is 0 Å². The summed E-state index contributed by atoms with van der Waals surface area (Å²) in [4.78, 5) is 0. The summed E-state index contributed by atoms with van der Waals surface area (Å²) >= 11 is 0. The number of aryl methyl sites for hydroxylation is 2. The van der Waals surface area contributed by atoms with Crippen LogP contribution in [-0.2, 0) is 6.42 Å². The van der Waals surface area contributed by atoms with E-state index in [9.17, 15) is 0 Å². The molecule has 0 fully saturated rings. The van der Waals surface area contributed by atoms with Gasteiger partial charge in [-0.15, -0.1) is 0 Å². The first-order valence-corrected chi connectivity index (χ1v) is 4.75. The van der Waals surface area contributed by atoms with E-state index in [2.05, 4.69) is 35.7 Å². The molecule has 2 nitrogen and oxygen atoms in total. The fourth-order valence-electron chi connectivity index (χ4n) is 1.81. The molecule has 2 rings (SSSR count). The van der Waals surface area contributed by atoms with E-state index in [4.69, 9.17) is 5.26 Å². The van der Waals surface area contributed by atoms with Crippen molar-refractivity contribution in [2.24, 2.45) is 0 Å². The molecule has 2 heteroatoms. The summed E-state index contributed by atoms with van der Waals surface area (Å²) < 4.78 is 2.16. The van der Waals surface area contributed by atoms with Crippen molar-refractivity contribution in [2.75, 3.05) is 0 Å². The number of hydrogen-bond acceptors (Lipinski definition) is 1. The van der Waals surface area contributed by atoms with Crippen LogP contribution in [0.2, 0.25) is 0 Å². The van der Waals surface area contributed by atoms with Gasteiger partial charge in [0.05, 0.1) is 6.07 Å². The predicted molar refractivity (Wildman–Crippen MR) is 56.1 cm³/mol. The lowest BCUT2D eigenvalue weighted by atomic mass is 10.2. The maximum atomic E-state index is 8.57. The lowest BCUT2D eigenvalue weighted by Crippen LogP contribution is -1.93. The summed E-state index contributed by atoms with van der Waals surface area (Å²) in [6.45, 7) is 2.10. The summed E-state index contributed by atoms with van der Waals surface area (Å²) in [5.74, 6) is 0. The Labute approximate surface area is 83.4 Å². The van der Waals surface area contributed by atoms with Crippen molar-refractivity contribution in [2.45, 2.75) is 19.8 Å². The van der Waals surface area contributed by atoms with Crippen molar-refractivity contribution in [3.63, 3.8) is 0 Å². The van der Waals surface area contributed by atoms with Crippen LogP contribution in [-0.4, -0.2) is 4.40 Å². The molecule has 0 bridgehead atoms. The molecule has 14 heavy (non-hydrogen) atoms. The zero-order valence-electron chi connectivity index (χ0n) is 8.20. The normalized spacial score (nSPS) is 10.3. The van der Waals surface area contributed by atoms with E-state index in [1.807, 2.05) is 12.1 Å². The summed E-state index contributed by atoms with van der Waals surface area (Å²) in [5.41, 5.74) is 3.73. The highest BCUT2D eigenvalue weighted by Gasteiger charge is 2.04. The lowest BCUT2D eigenvalue weighted by molar-refractivity contribution is 0.916. The van der Waals surface area contributed by atoms with Crippen LogP contribution in [0.4, 0.5) is 0 Å². The summed E-state index contributed by atoms with van der Waals surface area (Å²) in [6.07, 6.45) is 3.47. The summed E-state index contributed by atoms with van der Waals surface area (Å²) in [7, 11) is 0. The van der Waals surface area contributed by atoms with Crippen molar-refractivity contribution < 1.29 is 0 Å². The number of fused-ring (bicyclic) bond motifs is 1. The summed E-state index contributed by atoms with van der Waals surface area (Å²) in [5, 5.41) is 8.57. The Hall–Kier alpha value is -1.75. The number of nitrogens with zero attached hydrogens (tertiary/aromatic N) is 2. The molecule has 0 aliphatic carbocycles. The van der Waals surface area contributed by atoms with E-state index < -0.39 is 0 Å². The highest BCUT2D eigenvalue weighted by molar-refractivity contribution is 5.53. The fraction of sp³-hybridized carbons (Fsp3) is 0.250. The van der Waals surface area contributed by atoms with Gasteiger partial charge in [0.25, 0.3) is 0 Å². The van der Waals surface area contributed by atoms with Crippen LogP contribution in [0, 0.1) is 18.3 Å². The molecule has 0 atom stereocenters. The second-order valence-electron chi connectivity index (χ2n) is 3.43. The van der Waals surface area contributed by atoms with Crippen LogP contribution in [0.3, 0.4) is 0 Å². The minimum absolute atomic E-state index is 0.585. The number of pyridine rings is 1. The molecular weight excluding hydrogens is 172 g/mol. The number of rotatable bonds is 2. The molecule has 0 saturated carbocycles. The number of nitriles is 1. The van der Waals surface area contributed by atoms with Crippen LogP contribution in [0.5, 0.6) is 0 Å². The van der Waals surface area contributed by atoms with Gasteiger partial charge in [-0.1, -0.05) is 6.07 Å². The molecule has 2 aromatic heterocycles. The van der Waals surface area contributed by atoms with E-state index in [1.54, 1.807) is 0 Å². The third-order valence-corrected chi connectivity index (χ3v) is 2.48. The zero-order chi connectivity index (χ0) is 9.97. The SMILES string of the molecule is Cc1cc2ccccn2c1CCC#N. The summed E-state index contributed by atoms with van der Waals surface area (Å²) in [6, 6.07) is 10.5. The van der Waals surface area contributed by atoms with Crippen LogP contribution in [0.1, 0.15) is 17.7 Å². The quantitative estimate of drug-likeness (QED) is 0.705. The maximum Gasteiger partial charge on any atom is 0.0625 e. The average molecular weight is 184 g/mol. The second-order valence-corrected chi connectivity index (χ2v) is 3.43. The first kappa shape index (κ1) is 8.83. The van der Waals surface area contributed by atoms with Gasteiger partial charge in [0.2, 0.25) is 0 Å². The molecule has 0 aliphatic heterocycles. The van der Waals surface area contributed by atoms with E-state index in [-0.39, 0.29) is 0 Å². The maximum absolute atomic E-state index is 8.57. The molecule has 0 aliphatic rings. The van der Waals surface area contributed by atoms with Crippen molar-refractivity contribution >= 4 is 5.52 Å². The molecular formula is C12H12N2. The van der Waals surface area contributed by atoms with Gasteiger partial charge in [-0.2, -0.15) is 5.26 Å². The fourth-order valence-corrected chi connectivity index (χ4v) is 1.81. The lowest BCUT2D eigenvalue weighted by Gasteiger charge is -2.00. The Bertz CT molecular complexity index is 488. The number of aromatic nitrogens is 1. The largest absolute Gasteiger partial charge is 0.321 e. The monoisotopic (exact) mass is 184 g/mol. The number of hydrogen-bond donors (Lipinski definition) is 0. The van der Waals surface area contributed by atoms with Crippen molar-refractivity contribution in [3.8, 4) is 6.07 Å². The van der Waals surface area contributed by atoms with Crippen LogP contribution in [0.15, 0.2) is 30.5 Å². The minimum atomic E-state index is 0.585. The molecule has 0 saturated heterocycles. The molecule has 0 unspecified atom stereocenters. The standard InChI is InChI=1S/C12H12N2/c1-10-9-11-5-2-3-8-14(11)12(10)6-4-7-13/h2-3,5,8-9H,4,6H2,1H3. The molecule has 0 spiro atoms. The van der Waals surface area contributed by atoms with Crippen LogP contribution < -0.4 is 0 Å². The average Bonchev–Trinajstić information content (AvgIpc) is 2.51. The van der Waals surface area contributed by atoms with Gasteiger partial charge in [-0.25, -0.2) is 0 Å².